The molecule has 0 aromatic carbocycles. The molecule has 0 saturated carbocycles. The summed E-state index contributed by atoms with van der Waals surface area (Å²) in [4.78, 5) is 2.62. The van der Waals surface area contributed by atoms with Gasteiger partial charge in [0.1, 0.15) is 0 Å². The first kappa shape index (κ1) is 15.5. The van der Waals surface area contributed by atoms with Crippen molar-refractivity contribution >= 4 is 0 Å². The van der Waals surface area contributed by atoms with Crippen molar-refractivity contribution in [3.05, 3.63) is 18.0 Å². The molecular weight excluding hydrogens is 248 g/mol. The first-order valence-corrected chi connectivity index (χ1v) is 8.10. The summed E-state index contributed by atoms with van der Waals surface area (Å²) >= 11 is 0. The molecule has 2 rings (SSSR count). The van der Waals surface area contributed by atoms with Crippen LogP contribution in [0.4, 0.5) is 0 Å². The summed E-state index contributed by atoms with van der Waals surface area (Å²) < 4.78 is 2.02. The fourth-order valence-corrected chi connectivity index (χ4v) is 3.15. The van der Waals surface area contributed by atoms with Crippen molar-refractivity contribution in [2.75, 3.05) is 19.6 Å². The SMILES string of the molecule is CCn1cc(C(C)N(CC2CCCNC2)C(C)C)cn1. The molecule has 2 atom stereocenters. The Morgan fingerprint density at radius 3 is 2.80 bits per heavy atom. The molecule has 1 aliphatic heterocycles. The van der Waals surface area contributed by atoms with Gasteiger partial charge >= 0.3 is 0 Å². The predicted octanol–water partition coefficient (Wildman–Crippen LogP) is 2.67. The van der Waals surface area contributed by atoms with Crippen LogP contribution in [0.1, 0.15) is 52.1 Å². The molecule has 1 aliphatic rings. The van der Waals surface area contributed by atoms with Crippen LogP contribution in [-0.2, 0) is 6.54 Å². The van der Waals surface area contributed by atoms with Gasteiger partial charge in [-0.25, -0.2) is 0 Å². The molecule has 4 nitrogen and oxygen atoms in total. The van der Waals surface area contributed by atoms with E-state index >= 15 is 0 Å². The fourth-order valence-electron chi connectivity index (χ4n) is 3.15. The van der Waals surface area contributed by atoms with Crippen LogP contribution in [0.25, 0.3) is 0 Å². The molecule has 0 spiro atoms. The molecule has 0 amide bonds. The van der Waals surface area contributed by atoms with E-state index in [4.69, 9.17) is 0 Å². The number of nitrogens with zero attached hydrogens (tertiary/aromatic N) is 3. The summed E-state index contributed by atoms with van der Waals surface area (Å²) in [6, 6.07) is 1.01. The molecule has 2 heterocycles. The maximum atomic E-state index is 4.42. The Kier molecular flexibility index (Phi) is 5.61. The van der Waals surface area contributed by atoms with Gasteiger partial charge in [-0.2, -0.15) is 5.10 Å². The standard InChI is InChI=1S/C16H30N4/c1-5-19-12-16(10-18-19)14(4)20(13(2)3)11-15-7-6-8-17-9-15/h10,12-15,17H,5-9,11H2,1-4H3. The van der Waals surface area contributed by atoms with Gasteiger partial charge in [-0.3, -0.25) is 9.58 Å². The first-order valence-electron chi connectivity index (χ1n) is 8.10. The monoisotopic (exact) mass is 278 g/mol. The van der Waals surface area contributed by atoms with Gasteiger partial charge in [0.25, 0.3) is 0 Å². The maximum absolute atomic E-state index is 4.42. The molecule has 20 heavy (non-hydrogen) atoms. The lowest BCUT2D eigenvalue weighted by atomic mass is 9.97. The maximum Gasteiger partial charge on any atom is 0.0537 e. The van der Waals surface area contributed by atoms with Crippen molar-refractivity contribution in [3.63, 3.8) is 0 Å². The van der Waals surface area contributed by atoms with E-state index < -0.39 is 0 Å². The van der Waals surface area contributed by atoms with Crippen molar-refractivity contribution in [2.24, 2.45) is 5.92 Å². The number of aromatic nitrogens is 2. The van der Waals surface area contributed by atoms with Gasteiger partial charge in [-0.1, -0.05) is 0 Å². The Bertz CT molecular complexity index is 393. The third kappa shape index (κ3) is 3.83. The van der Waals surface area contributed by atoms with Gasteiger partial charge in [0, 0.05) is 36.9 Å². The molecule has 2 unspecified atom stereocenters. The van der Waals surface area contributed by atoms with E-state index in [-0.39, 0.29) is 0 Å². The molecular formula is C16H30N4. The molecule has 114 valence electrons. The summed E-state index contributed by atoms with van der Waals surface area (Å²) in [7, 11) is 0. The summed E-state index contributed by atoms with van der Waals surface area (Å²) in [5.41, 5.74) is 1.34. The largest absolute Gasteiger partial charge is 0.316 e. The predicted molar refractivity (Wildman–Crippen MR) is 83.8 cm³/mol. The number of hydrogen-bond acceptors (Lipinski definition) is 3. The van der Waals surface area contributed by atoms with Gasteiger partial charge < -0.3 is 5.32 Å². The van der Waals surface area contributed by atoms with Crippen molar-refractivity contribution < 1.29 is 0 Å². The zero-order valence-corrected chi connectivity index (χ0v) is 13.5. The summed E-state index contributed by atoms with van der Waals surface area (Å²) in [6.07, 6.45) is 6.90. The minimum Gasteiger partial charge on any atom is -0.316 e. The Balaban J connectivity index is 2.02. The van der Waals surface area contributed by atoms with Crippen LogP contribution in [0.2, 0.25) is 0 Å². The molecule has 0 aliphatic carbocycles. The summed E-state index contributed by atoms with van der Waals surface area (Å²) in [6.45, 7) is 13.5. The summed E-state index contributed by atoms with van der Waals surface area (Å²) in [5.74, 6) is 0.787. The van der Waals surface area contributed by atoms with E-state index in [0.717, 1.165) is 12.5 Å². The Labute approximate surface area is 123 Å². The lowest BCUT2D eigenvalue weighted by Gasteiger charge is -2.36. The van der Waals surface area contributed by atoms with E-state index in [1.54, 1.807) is 0 Å². The zero-order valence-electron chi connectivity index (χ0n) is 13.5. The van der Waals surface area contributed by atoms with E-state index in [2.05, 4.69) is 49.2 Å². The number of hydrogen-bond donors (Lipinski definition) is 1. The topological polar surface area (TPSA) is 33.1 Å². The second kappa shape index (κ2) is 7.23. The van der Waals surface area contributed by atoms with Gasteiger partial charge in [0.2, 0.25) is 0 Å². The van der Waals surface area contributed by atoms with Crippen LogP contribution in [0, 0.1) is 5.92 Å². The highest BCUT2D eigenvalue weighted by molar-refractivity contribution is 5.10. The van der Waals surface area contributed by atoms with Gasteiger partial charge in [0.05, 0.1) is 6.20 Å². The van der Waals surface area contributed by atoms with Crippen LogP contribution >= 0.6 is 0 Å². The Morgan fingerprint density at radius 2 is 2.25 bits per heavy atom. The minimum atomic E-state index is 0.442. The molecule has 1 N–H and O–H groups in total. The number of rotatable bonds is 6. The van der Waals surface area contributed by atoms with Gasteiger partial charge in [0.15, 0.2) is 0 Å². The van der Waals surface area contributed by atoms with Crippen molar-refractivity contribution in [1.82, 2.24) is 20.0 Å². The van der Waals surface area contributed by atoms with E-state index in [0.29, 0.717) is 12.1 Å². The smallest absolute Gasteiger partial charge is 0.0537 e. The van der Waals surface area contributed by atoms with Crippen molar-refractivity contribution in [2.45, 2.75) is 59.2 Å². The van der Waals surface area contributed by atoms with Gasteiger partial charge in [-0.15, -0.1) is 0 Å². The molecule has 1 fully saturated rings. The highest BCUT2D eigenvalue weighted by Gasteiger charge is 2.24. The average Bonchev–Trinajstić information content (AvgIpc) is 2.94. The molecule has 1 aromatic rings. The quantitative estimate of drug-likeness (QED) is 0.868. The Hall–Kier alpha value is -0.870. The lowest BCUT2D eigenvalue weighted by molar-refractivity contribution is 0.126. The third-order valence-corrected chi connectivity index (χ3v) is 4.49. The van der Waals surface area contributed by atoms with Crippen LogP contribution in [-0.4, -0.2) is 40.4 Å². The summed E-state index contributed by atoms with van der Waals surface area (Å²) in [5, 5.41) is 7.95. The second-order valence-corrected chi connectivity index (χ2v) is 6.31. The van der Waals surface area contributed by atoms with Crippen LogP contribution in [0.5, 0.6) is 0 Å². The number of piperidine rings is 1. The average molecular weight is 278 g/mol. The molecule has 4 heteroatoms. The van der Waals surface area contributed by atoms with Gasteiger partial charge in [-0.05, 0) is 59.5 Å². The third-order valence-electron chi connectivity index (χ3n) is 4.49. The molecule has 0 bridgehead atoms. The van der Waals surface area contributed by atoms with Crippen LogP contribution in [0.15, 0.2) is 12.4 Å². The van der Waals surface area contributed by atoms with Crippen LogP contribution in [0.3, 0.4) is 0 Å². The van der Waals surface area contributed by atoms with Crippen molar-refractivity contribution in [1.29, 1.82) is 0 Å². The van der Waals surface area contributed by atoms with E-state index in [1.165, 1.54) is 38.0 Å². The molecule has 1 aromatic heterocycles. The molecule has 1 saturated heterocycles. The first-order chi connectivity index (χ1) is 9.61. The number of nitrogens with one attached hydrogen (secondary N) is 1. The zero-order chi connectivity index (χ0) is 14.5. The minimum absolute atomic E-state index is 0.442. The molecule has 0 radical (unpaired) electrons. The normalized spacial score (nSPS) is 21.6. The lowest BCUT2D eigenvalue weighted by Crippen LogP contribution is -2.42. The van der Waals surface area contributed by atoms with Crippen LogP contribution < -0.4 is 5.32 Å². The Morgan fingerprint density at radius 1 is 1.45 bits per heavy atom. The van der Waals surface area contributed by atoms with E-state index in [9.17, 15) is 0 Å². The van der Waals surface area contributed by atoms with Crippen molar-refractivity contribution in [3.8, 4) is 0 Å². The fraction of sp³-hybridized carbons (Fsp3) is 0.812. The highest BCUT2D eigenvalue weighted by atomic mass is 15.3. The number of aryl methyl sites for hydroxylation is 1. The highest BCUT2D eigenvalue weighted by Crippen LogP contribution is 2.25. The second-order valence-electron chi connectivity index (χ2n) is 6.31. The van der Waals surface area contributed by atoms with E-state index in [1.807, 2.05) is 10.9 Å².